The van der Waals surface area contributed by atoms with Gasteiger partial charge in [-0.2, -0.15) is 0 Å². The van der Waals surface area contributed by atoms with Crippen molar-refractivity contribution in [2.45, 2.75) is 140 Å². The SMILES string of the molecule is CCCCCC=CC=CC(=O)OC[C@H]1O[C@@H](O[C@@H]2[C@@H](OC(=O)C(C)=CC=CC[C@H](O)[C@H](C)CC)[C@H](O)[C@@H](c3c(O)cc(O)cc3CO)O[C@H]2CO)[C@H](O)[C@@H](O)[C@H]1O. The van der Waals surface area contributed by atoms with Gasteiger partial charge in [0.05, 0.1) is 19.3 Å². The molecule has 0 amide bonds. The highest BCUT2D eigenvalue weighted by molar-refractivity contribution is 5.88. The summed E-state index contributed by atoms with van der Waals surface area (Å²) in [4.78, 5) is 25.9. The highest BCUT2D eigenvalue weighted by Gasteiger charge is 2.53. The van der Waals surface area contributed by atoms with Gasteiger partial charge in [-0.1, -0.05) is 76.5 Å². The fourth-order valence-electron chi connectivity index (χ4n) is 6.33. The number of aliphatic hydroxyl groups is 7. The number of phenolic OH excluding ortho intramolecular Hbond substituents is 2. The average molecular weight is 809 g/mol. The van der Waals surface area contributed by atoms with Crippen molar-refractivity contribution in [1.29, 1.82) is 0 Å². The van der Waals surface area contributed by atoms with Gasteiger partial charge in [0.15, 0.2) is 12.4 Å². The zero-order valence-electron chi connectivity index (χ0n) is 32.9. The van der Waals surface area contributed by atoms with Crippen molar-refractivity contribution in [2.24, 2.45) is 5.92 Å². The first-order valence-corrected chi connectivity index (χ1v) is 19.4. The molecule has 0 aliphatic carbocycles. The standard InChI is InChI=1S/C41H60O16/c1-5-7-8-9-10-11-12-17-31(47)53-22-30-33(48)34(49)35(50)41(55-30)57-37-29(21-43)54-38(32-25(20-42)18-26(44)19-28(32)46)36(51)39(37)56-40(52)24(4)15-13-14-16-27(45)23(3)6-2/h10-15,17-19,23,27,29-30,33-39,41-46,48-51H,5-9,16,20-22H2,1-4H3/t23-,27+,29+,30-,33+,34+,35-,36-,37+,38-,39+,41+/m1/s1. The number of aromatic hydroxyl groups is 2. The number of carbonyl (C=O) groups is 2. The lowest BCUT2D eigenvalue weighted by Gasteiger charge is -2.47. The predicted octanol–water partition coefficient (Wildman–Crippen LogP) is 2.02. The Hall–Kier alpha value is -3.68. The second kappa shape index (κ2) is 23.7. The van der Waals surface area contributed by atoms with Crippen LogP contribution < -0.4 is 0 Å². The molecule has 16 nitrogen and oxygen atoms in total. The van der Waals surface area contributed by atoms with Crippen LogP contribution in [-0.4, -0.2) is 132 Å². The Balaban J connectivity index is 1.89. The zero-order valence-corrected chi connectivity index (χ0v) is 32.9. The van der Waals surface area contributed by atoms with Gasteiger partial charge in [-0.15, -0.1) is 0 Å². The molecule has 0 saturated carbocycles. The number of carbonyl (C=O) groups excluding carboxylic acids is 2. The summed E-state index contributed by atoms with van der Waals surface area (Å²) in [5, 5.41) is 95.7. The number of aliphatic hydroxyl groups excluding tert-OH is 7. The molecule has 2 heterocycles. The van der Waals surface area contributed by atoms with Gasteiger partial charge in [0.25, 0.3) is 0 Å². The van der Waals surface area contributed by atoms with E-state index < -0.39 is 111 Å². The highest BCUT2D eigenvalue weighted by Crippen LogP contribution is 2.42. The van der Waals surface area contributed by atoms with Crippen molar-refractivity contribution in [1.82, 2.24) is 0 Å². The number of ether oxygens (including phenoxy) is 5. The molecule has 0 aromatic heterocycles. The predicted molar refractivity (Wildman–Crippen MR) is 204 cm³/mol. The van der Waals surface area contributed by atoms with Crippen LogP contribution in [0.2, 0.25) is 0 Å². The minimum absolute atomic E-state index is 0.0396. The van der Waals surface area contributed by atoms with Crippen LogP contribution >= 0.6 is 0 Å². The second-order valence-corrected chi connectivity index (χ2v) is 14.3. The summed E-state index contributed by atoms with van der Waals surface area (Å²) in [6.07, 6.45) is -1.90. The molecule has 2 aliphatic rings. The summed E-state index contributed by atoms with van der Waals surface area (Å²) < 4.78 is 28.6. The van der Waals surface area contributed by atoms with Gasteiger partial charge in [-0.25, -0.2) is 9.59 Å². The van der Waals surface area contributed by atoms with Crippen molar-refractivity contribution < 1.29 is 79.2 Å². The maximum atomic E-state index is 13.5. The Morgan fingerprint density at radius 2 is 1.63 bits per heavy atom. The molecule has 1 aromatic carbocycles. The molecule has 12 atom stereocenters. The summed E-state index contributed by atoms with van der Waals surface area (Å²) in [7, 11) is 0. The van der Waals surface area contributed by atoms with E-state index in [0.29, 0.717) is 6.42 Å². The Bertz CT molecular complexity index is 1540. The highest BCUT2D eigenvalue weighted by atomic mass is 16.7. The molecule has 2 aliphatic heterocycles. The van der Waals surface area contributed by atoms with Crippen LogP contribution in [-0.2, 0) is 39.9 Å². The third kappa shape index (κ3) is 13.4. The van der Waals surface area contributed by atoms with Gasteiger partial charge < -0.3 is 69.6 Å². The van der Waals surface area contributed by atoms with Crippen molar-refractivity contribution in [3.05, 3.63) is 71.4 Å². The first-order chi connectivity index (χ1) is 27.2. The molecule has 1 aromatic rings. The third-order valence-electron chi connectivity index (χ3n) is 10.1. The minimum Gasteiger partial charge on any atom is -0.508 e. The van der Waals surface area contributed by atoms with Crippen molar-refractivity contribution in [2.75, 3.05) is 13.2 Å². The number of allylic oxidation sites excluding steroid dienone is 5. The van der Waals surface area contributed by atoms with Gasteiger partial charge >= 0.3 is 11.9 Å². The van der Waals surface area contributed by atoms with E-state index in [4.69, 9.17) is 23.7 Å². The van der Waals surface area contributed by atoms with Crippen LogP contribution in [0.5, 0.6) is 11.5 Å². The lowest BCUT2D eigenvalue weighted by atomic mass is 9.88. The van der Waals surface area contributed by atoms with Gasteiger partial charge in [-0.3, -0.25) is 0 Å². The van der Waals surface area contributed by atoms with Crippen LogP contribution in [0.15, 0.2) is 60.2 Å². The second-order valence-electron chi connectivity index (χ2n) is 14.3. The Kier molecular flexibility index (Phi) is 19.8. The quantitative estimate of drug-likeness (QED) is 0.0395. The fraction of sp³-hybridized carbons (Fsp3) is 0.610. The average Bonchev–Trinajstić information content (AvgIpc) is 3.19. The first kappa shape index (κ1) is 47.7. The molecule has 0 radical (unpaired) electrons. The maximum absolute atomic E-state index is 13.5. The fourth-order valence-corrected chi connectivity index (χ4v) is 6.33. The van der Waals surface area contributed by atoms with Crippen LogP contribution in [0, 0.1) is 5.92 Å². The van der Waals surface area contributed by atoms with E-state index >= 15 is 0 Å². The number of rotatable bonds is 20. The maximum Gasteiger partial charge on any atom is 0.334 e. The zero-order chi connectivity index (χ0) is 42.2. The first-order valence-electron chi connectivity index (χ1n) is 19.4. The lowest BCUT2D eigenvalue weighted by molar-refractivity contribution is -0.343. The minimum atomic E-state index is -1.95. The molecular weight excluding hydrogens is 748 g/mol. The van der Waals surface area contributed by atoms with Crippen LogP contribution in [0.25, 0.3) is 0 Å². The van der Waals surface area contributed by atoms with Crippen LogP contribution in [0.3, 0.4) is 0 Å². The summed E-state index contributed by atoms with van der Waals surface area (Å²) in [5.74, 6) is -2.70. The Morgan fingerprint density at radius 3 is 2.30 bits per heavy atom. The van der Waals surface area contributed by atoms with Crippen molar-refractivity contribution in [3.8, 4) is 11.5 Å². The van der Waals surface area contributed by atoms with Gasteiger partial charge in [-0.05, 0) is 43.7 Å². The largest absolute Gasteiger partial charge is 0.508 e. The van der Waals surface area contributed by atoms with Gasteiger partial charge in [0.2, 0.25) is 0 Å². The number of esters is 2. The Morgan fingerprint density at radius 1 is 0.895 bits per heavy atom. The monoisotopic (exact) mass is 808 g/mol. The van der Waals surface area contributed by atoms with Crippen LogP contribution in [0.1, 0.15) is 83.5 Å². The smallest absolute Gasteiger partial charge is 0.334 e. The van der Waals surface area contributed by atoms with E-state index in [9.17, 15) is 55.5 Å². The molecule has 16 heteroatoms. The summed E-state index contributed by atoms with van der Waals surface area (Å²) in [5.41, 5.74) is -0.208. The Labute approximate surface area is 332 Å². The molecule has 0 unspecified atom stereocenters. The molecule has 0 spiro atoms. The van der Waals surface area contributed by atoms with E-state index in [1.54, 1.807) is 18.2 Å². The molecule has 9 N–H and O–H groups in total. The number of unbranched alkanes of at least 4 members (excludes halogenated alkanes) is 3. The molecule has 2 fully saturated rings. The van der Waals surface area contributed by atoms with Crippen LogP contribution in [0.4, 0.5) is 0 Å². The number of hydrogen-bond donors (Lipinski definition) is 9. The third-order valence-corrected chi connectivity index (χ3v) is 10.1. The molecule has 2 saturated heterocycles. The number of benzene rings is 1. The van der Waals surface area contributed by atoms with E-state index in [1.807, 2.05) is 19.9 Å². The van der Waals surface area contributed by atoms with Crippen molar-refractivity contribution in [3.63, 3.8) is 0 Å². The molecular formula is C41H60O16. The normalized spacial score (nSPS) is 29.6. The topological polar surface area (TPSA) is 262 Å². The molecule has 0 bridgehead atoms. The van der Waals surface area contributed by atoms with E-state index in [-0.39, 0.29) is 22.6 Å². The summed E-state index contributed by atoms with van der Waals surface area (Å²) >= 11 is 0. The van der Waals surface area contributed by atoms with E-state index in [1.165, 1.54) is 19.1 Å². The summed E-state index contributed by atoms with van der Waals surface area (Å²) in [6.45, 7) is 5.21. The van der Waals surface area contributed by atoms with Gasteiger partial charge in [0.1, 0.15) is 66.9 Å². The van der Waals surface area contributed by atoms with E-state index in [2.05, 4.69) is 6.92 Å². The molecule has 3 rings (SSSR count). The molecule has 57 heavy (non-hydrogen) atoms. The lowest BCUT2D eigenvalue weighted by Crippen LogP contribution is -2.64. The molecule has 320 valence electrons. The number of phenols is 2. The number of hydrogen-bond acceptors (Lipinski definition) is 16. The van der Waals surface area contributed by atoms with E-state index in [0.717, 1.165) is 50.3 Å². The van der Waals surface area contributed by atoms with Crippen molar-refractivity contribution >= 4 is 11.9 Å². The summed E-state index contributed by atoms with van der Waals surface area (Å²) in [6, 6.07) is 2.06. The van der Waals surface area contributed by atoms with Gasteiger partial charge in [0, 0.05) is 23.3 Å².